The van der Waals surface area contributed by atoms with E-state index in [0.717, 1.165) is 31.4 Å². The van der Waals surface area contributed by atoms with E-state index in [-0.39, 0.29) is 5.41 Å². The smallest absolute Gasteiger partial charge is 0.227 e. The fourth-order valence-electron chi connectivity index (χ4n) is 2.83. The first kappa shape index (κ1) is 11.4. The van der Waals surface area contributed by atoms with E-state index in [2.05, 4.69) is 19.6 Å². The quantitative estimate of drug-likeness (QED) is 0.667. The standard InChI is InChI=1S/C14H21NO/c1-11(2)7-9-15-12-6-4-5-8-14(12,3)10-13(15)16/h6H,1,4-5,7-10H2,2-3H3. The van der Waals surface area contributed by atoms with Gasteiger partial charge in [-0.15, -0.1) is 6.58 Å². The number of likely N-dealkylation sites (tertiary alicyclic amines) is 1. The number of hydrogen-bond acceptors (Lipinski definition) is 1. The molecule has 0 bridgehead atoms. The third-order valence-corrected chi connectivity index (χ3v) is 3.78. The Hall–Kier alpha value is -1.05. The lowest BCUT2D eigenvalue weighted by atomic mass is 9.77. The second kappa shape index (κ2) is 4.08. The topological polar surface area (TPSA) is 20.3 Å². The SMILES string of the molecule is C=C(C)CCN1C(=O)CC2(C)CCCC=C12. The minimum absolute atomic E-state index is 0.129. The Balaban J connectivity index is 2.16. The van der Waals surface area contributed by atoms with Gasteiger partial charge in [0.25, 0.3) is 0 Å². The number of rotatable bonds is 3. The number of hydrogen-bond donors (Lipinski definition) is 0. The molecule has 1 saturated heterocycles. The number of carbonyl (C=O) groups is 1. The van der Waals surface area contributed by atoms with Gasteiger partial charge in [0.05, 0.1) is 0 Å². The lowest BCUT2D eigenvalue weighted by Gasteiger charge is -2.31. The average Bonchev–Trinajstić information content (AvgIpc) is 2.45. The van der Waals surface area contributed by atoms with Crippen molar-refractivity contribution in [2.75, 3.05) is 6.54 Å². The van der Waals surface area contributed by atoms with Crippen molar-refractivity contribution in [3.63, 3.8) is 0 Å². The monoisotopic (exact) mass is 219 g/mol. The van der Waals surface area contributed by atoms with E-state index in [0.29, 0.717) is 12.3 Å². The van der Waals surface area contributed by atoms with Crippen LogP contribution < -0.4 is 0 Å². The van der Waals surface area contributed by atoms with Gasteiger partial charge in [0.1, 0.15) is 0 Å². The summed E-state index contributed by atoms with van der Waals surface area (Å²) in [5.74, 6) is 0.303. The van der Waals surface area contributed by atoms with E-state index < -0.39 is 0 Å². The zero-order chi connectivity index (χ0) is 11.8. The third kappa shape index (κ3) is 1.93. The van der Waals surface area contributed by atoms with Crippen molar-refractivity contribution in [3.8, 4) is 0 Å². The first-order valence-electron chi connectivity index (χ1n) is 6.18. The van der Waals surface area contributed by atoms with Crippen molar-refractivity contribution in [3.05, 3.63) is 23.9 Å². The van der Waals surface area contributed by atoms with Crippen LogP contribution in [-0.4, -0.2) is 17.4 Å². The predicted octanol–water partition coefficient (Wildman–Crippen LogP) is 3.26. The van der Waals surface area contributed by atoms with Crippen LogP contribution in [0.5, 0.6) is 0 Å². The summed E-state index contributed by atoms with van der Waals surface area (Å²) in [4.78, 5) is 14.0. The van der Waals surface area contributed by atoms with Gasteiger partial charge in [0.15, 0.2) is 0 Å². The molecule has 0 N–H and O–H groups in total. The normalized spacial score (nSPS) is 29.0. The number of fused-ring (bicyclic) bond motifs is 1. The minimum Gasteiger partial charge on any atom is -0.316 e. The molecule has 1 aliphatic heterocycles. The van der Waals surface area contributed by atoms with Crippen LogP contribution in [0.2, 0.25) is 0 Å². The fourth-order valence-corrected chi connectivity index (χ4v) is 2.83. The Morgan fingerprint density at radius 2 is 2.38 bits per heavy atom. The van der Waals surface area contributed by atoms with Crippen LogP contribution in [0.15, 0.2) is 23.9 Å². The Kier molecular flexibility index (Phi) is 2.92. The summed E-state index contributed by atoms with van der Waals surface area (Å²) in [5, 5.41) is 0. The van der Waals surface area contributed by atoms with Crippen LogP contribution in [0.4, 0.5) is 0 Å². The second-order valence-electron chi connectivity index (χ2n) is 5.47. The summed E-state index contributed by atoms with van der Waals surface area (Å²) >= 11 is 0. The highest BCUT2D eigenvalue weighted by atomic mass is 16.2. The van der Waals surface area contributed by atoms with Crippen LogP contribution in [-0.2, 0) is 4.79 Å². The average molecular weight is 219 g/mol. The zero-order valence-electron chi connectivity index (χ0n) is 10.4. The van der Waals surface area contributed by atoms with Crippen molar-refractivity contribution in [1.29, 1.82) is 0 Å². The van der Waals surface area contributed by atoms with Crippen LogP contribution in [0.1, 0.15) is 46.0 Å². The van der Waals surface area contributed by atoms with Crippen molar-refractivity contribution in [2.45, 2.75) is 46.0 Å². The molecule has 1 unspecified atom stereocenters. The van der Waals surface area contributed by atoms with Gasteiger partial charge in [-0.3, -0.25) is 4.79 Å². The molecule has 0 aromatic carbocycles. The summed E-state index contributed by atoms with van der Waals surface area (Å²) in [6.07, 6.45) is 7.40. The lowest BCUT2D eigenvalue weighted by Crippen LogP contribution is -2.27. The molecule has 1 fully saturated rings. The Morgan fingerprint density at radius 1 is 1.62 bits per heavy atom. The maximum Gasteiger partial charge on any atom is 0.227 e. The van der Waals surface area contributed by atoms with Gasteiger partial charge in [-0.05, 0) is 32.6 Å². The number of carbonyl (C=O) groups excluding carboxylic acids is 1. The lowest BCUT2D eigenvalue weighted by molar-refractivity contribution is -0.126. The molecule has 88 valence electrons. The number of nitrogens with zero attached hydrogens (tertiary/aromatic N) is 1. The Labute approximate surface area is 98.0 Å². The molecule has 0 aromatic heterocycles. The molecule has 1 heterocycles. The third-order valence-electron chi connectivity index (χ3n) is 3.78. The molecule has 2 heteroatoms. The van der Waals surface area contributed by atoms with E-state index in [9.17, 15) is 4.79 Å². The fraction of sp³-hybridized carbons (Fsp3) is 0.643. The van der Waals surface area contributed by atoms with E-state index in [1.54, 1.807) is 0 Å². The molecular formula is C14H21NO. The molecule has 2 nitrogen and oxygen atoms in total. The van der Waals surface area contributed by atoms with Crippen molar-refractivity contribution < 1.29 is 4.79 Å². The molecule has 0 spiro atoms. The maximum atomic E-state index is 12.0. The van der Waals surface area contributed by atoms with Crippen molar-refractivity contribution in [1.82, 2.24) is 4.90 Å². The van der Waals surface area contributed by atoms with Crippen molar-refractivity contribution in [2.24, 2.45) is 5.41 Å². The molecule has 1 aliphatic carbocycles. The highest BCUT2D eigenvalue weighted by Gasteiger charge is 2.44. The van der Waals surface area contributed by atoms with E-state index in [4.69, 9.17) is 0 Å². The van der Waals surface area contributed by atoms with Gasteiger partial charge in [-0.1, -0.05) is 18.6 Å². The molecule has 1 amide bonds. The minimum atomic E-state index is 0.129. The summed E-state index contributed by atoms with van der Waals surface area (Å²) in [7, 11) is 0. The Morgan fingerprint density at radius 3 is 3.06 bits per heavy atom. The zero-order valence-corrected chi connectivity index (χ0v) is 10.4. The van der Waals surface area contributed by atoms with Gasteiger partial charge in [-0.25, -0.2) is 0 Å². The largest absolute Gasteiger partial charge is 0.316 e. The molecule has 2 aliphatic rings. The number of amides is 1. The predicted molar refractivity (Wildman–Crippen MR) is 65.8 cm³/mol. The summed E-state index contributed by atoms with van der Waals surface area (Å²) in [6.45, 7) is 8.98. The first-order chi connectivity index (χ1) is 7.53. The summed E-state index contributed by atoms with van der Waals surface area (Å²) in [5.41, 5.74) is 2.56. The molecule has 0 saturated carbocycles. The second-order valence-corrected chi connectivity index (χ2v) is 5.47. The van der Waals surface area contributed by atoms with Gasteiger partial charge >= 0.3 is 0 Å². The molecule has 16 heavy (non-hydrogen) atoms. The summed E-state index contributed by atoms with van der Waals surface area (Å²) in [6, 6.07) is 0. The van der Waals surface area contributed by atoms with Crippen LogP contribution in [0.3, 0.4) is 0 Å². The highest BCUT2D eigenvalue weighted by Crippen LogP contribution is 2.47. The van der Waals surface area contributed by atoms with Gasteiger partial charge in [0, 0.05) is 24.1 Å². The molecule has 0 radical (unpaired) electrons. The van der Waals surface area contributed by atoms with Gasteiger partial charge < -0.3 is 4.90 Å². The first-order valence-corrected chi connectivity index (χ1v) is 6.18. The van der Waals surface area contributed by atoms with Crippen LogP contribution in [0, 0.1) is 5.41 Å². The molecule has 1 atom stereocenters. The van der Waals surface area contributed by atoms with E-state index in [1.165, 1.54) is 12.1 Å². The summed E-state index contributed by atoms with van der Waals surface area (Å²) < 4.78 is 0. The van der Waals surface area contributed by atoms with E-state index in [1.807, 2.05) is 11.8 Å². The van der Waals surface area contributed by atoms with Crippen LogP contribution in [0.25, 0.3) is 0 Å². The Bertz CT molecular complexity index is 356. The van der Waals surface area contributed by atoms with E-state index >= 15 is 0 Å². The maximum absolute atomic E-state index is 12.0. The van der Waals surface area contributed by atoms with Gasteiger partial charge in [0.2, 0.25) is 5.91 Å². The van der Waals surface area contributed by atoms with Crippen LogP contribution >= 0.6 is 0 Å². The molecule has 0 aromatic rings. The van der Waals surface area contributed by atoms with Crippen molar-refractivity contribution >= 4 is 5.91 Å². The number of allylic oxidation sites excluding steroid dienone is 2. The van der Waals surface area contributed by atoms with Gasteiger partial charge in [-0.2, -0.15) is 0 Å². The molecule has 2 rings (SSSR count). The molecular weight excluding hydrogens is 198 g/mol. The highest BCUT2D eigenvalue weighted by molar-refractivity contribution is 5.83.